The number of Topliss-reactive ketones (excluding diaryl/α,β-unsaturated/α-hetero) is 1. The highest BCUT2D eigenvalue weighted by molar-refractivity contribution is 7.90. The van der Waals surface area contributed by atoms with Gasteiger partial charge in [-0.1, -0.05) is 18.2 Å². The lowest BCUT2D eigenvalue weighted by atomic mass is 10.1. The smallest absolute Gasteiger partial charge is 0.200 e. The molecule has 0 fully saturated rings. The van der Waals surface area contributed by atoms with Crippen molar-refractivity contribution in [3.63, 3.8) is 0 Å². The Morgan fingerprint density at radius 3 is 1.93 bits per heavy atom. The Hall–Kier alpha value is -3.12. The van der Waals surface area contributed by atoms with Crippen molar-refractivity contribution in [2.75, 3.05) is 12.9 Å². The van der Waals surface area contributed by atoms with E-state index in [1.807, 2.05) is 30.3 Å². The van der Waals surface area contributed by atoms with Crippen LogP contribution in [0.1, 0.15) is 10.4 Å². The van der Waals surface area contributed by atoms with Gasteiger partial charge in [0.05, 0.1) is 4.90 Å². The predicted molar refractivity (Wildman–Crippen MR) is 102 cm³/mol. The number of hydrogen-bond acceptors (Lipinski definition) is 5. The first kappa shape index (κ1) is 18.7. The summed E-state index contributed by atoms with van der Waals surface area (Å²) in [6, 6.07) is 22.1. The molecule has 0 bridgehead atoms. The van der Waals surface area contributed by atoms with Crippen molar-refractivity contribution < 1.29 is 22.7 Å². The molecule has 0 aliphatic carbocycles. The fourth-order valence-corrected chi connectivity index (χ4v) is 2.98. The zero-order chi connectivity index (χ0) is 19.3. The summed E-state index contributed by atoms with van der Waals surface area (Å²) in [5.41, 5.74) is 0.503. The van der Waals surface area contributed by atoms with Crippen molar-refractivity contribution in [3.8, 4) is 17.2 Å². The number of carbonyl (C=O) groups is 1. The molecule has 0 heterocycles. The van der Waals surface area contributed by atoms with Crippen LogP contribution < -0.4 is 9.47 Å². The molecule has 3 rings (SSSR count). The Balaban J connectivity index is 1.58. The van der Waals surface area contributed by atoms with Crippen molar-refractivity contribution in [3.05, 3.63) is 84.4 Å². The van der Waals surface area contributed by atoms with E-state index in [1.165, 1.54) is 24.3 Å². The largest absolute Gasteiger partial charge is 0.485 e. The molecule has 0 amide bonds. The fraction of sp³-hybridized carbons (Fsp3) is 0.0952. The number of benzene rings is 3. The Morgan fingerprint density at radius 2 is 1.33 bits per heavy atom. The van der Waals surface area contributed by atoms with Crippen LogP contribution in [0.3, 0.4) is 0 Å². The molecule has 0 atom stereocenters. The summed E-state index contributed by atoms with van der Waals surface area (Å²) in [5, 5.41) is 0. The maximum atomic E-state index is 12.3. The summed E-state index contributed by atoms with van der Waals surface area (Å²) in [4.78, 5) is 12.5. The minimum Gasteiger partial charge on any atom is -0.485 e. The van der Waals surface area contributed by atoms with E-state index >= 15 is 0 Å². The zero-order valence-electron chi connectivity index (χ0n) is 14.7. The lowest BCUT2D eigenvalue weighted by molar-refractivity contribution is 0.0921. The van der Waals surface area contributed by atoms with Crippen molar-refractivity contribution >= 4 is 15.6 Å². The third-order valence-corrected chi connectivity index (χ3v) is 4.91. The first-order chi connectivity index (χ1) is 12.9. The van der Waals surface area contributed by atoms with Gasteiger partial charge in [-0.25, -0.2) is 8.42 Å². The van der Waals surface area contributed by atoms with Crippen LogP contribution in [-0.2, 0) is 9.84 Å². The molecule has 0 radical (unpaired) electrons. The van der Waals surface area contributed by atoms with Gasteiger partial charge in [0.2, 0.25) is 0 Å². The Kier molecular flexibility index (Phi) is 5.57. The lowest BCUT2D eigenvalue weighted by Crippen LogP contribution is -2.11. The molecule has 0 aliphatic rings. The minimum absolute atomic E-state index is 0.142. The van der Waals surface area contributed by atoms with Crippen LogP contribution in [0.25, 0.3) is 0 Å². The molecule has 0 N–H and O–H groups in total. The highest BCUT2D eigenvalue weighted by Gasteiger charge is 2.09. The minimum atomic E-state index is -3.25. The van der Waals surface area contributed by atoms with Gasteiger partial charge in [-0.15, -0.1) is 0 Å². The number of ether oxygens (including phenoxy) is 2. The predicted octanol–water partition coefficient (Wildman–Crippen LogP) is 4.14. The molecule has 0 saturated carbocycles. The van der Waals surface area contributed by atoms with Crippen LogP contribution in [0, 0.1) is 0 Å². The normalized spacial score (nSPS) is 11.0. The van der Waals surface area contributed by atoms with Crippen LogP contribution in [-0.4, -0.2) is 27.1 Å². The maximum Gasteiger partial charge on any atom is 0.200 e. The van der Waals surface area contributed by atoms with Crippen molar-refractivity contribution in [1.29, 1.82) is 0 Å². The topological polar surface area (TPSA) is 69.7 Å². The van der Waals surface area contributed by atoms with Gasteiger partial charge in [0, 0.05) is 11.8 Å². The van der Waals surface area contributed by atoms with Gasteiger partial charge in [-0.05, 0) is 60.7 Å². The first-order valence-corrected chi connectivity index (χ1v) is 10.1. The molecule has 0 aliphatic heterocycles. The van der Waals surface area contributed by atoms with E-state index < -0.39 is 9.84 Å². The molecule has 0 spiro atoms. The molecule has 5 nitrogen and oxygen atoms in total. The van der Waals surface area contributed by atoms with E-state index in [1.54, 1.807) is 24.3 Å². The zero-order valence-corrected chi connectivity index (χ0v) is 15.5. The van der Waals surface area contributed by atoms with Crippen LogP contribution in [0.15, 0.2) is 83.8 Å². The summed E-state index contributed by atoms with van der Waals surface area (Å²) < 4.78 is 34.0. The molecular weight excluding hydrogens is 364 g/mol. The van der Waals surface area contributed by atoms with Crippen LogP contribution in [0.5, 0.6) is 17.2 Å². The number of para-hydroxylation sites is 1. The van der Waals surface area contributed by atoms with E-state index in [-0.39, 0.29) is 17.3 Å². The fourth-order valence-electron chi connectivity index (χ4n) is 2.35. The molecule has 6 heteroatoms. The molecule has 0 unspecified atom stereocenters. The van der Waals surface area contributed by atoms with E-state index in [2.05, 4.69) is 0 Å². The van der Waals surface area contributed by atoms with Gasteiger partial charge >= 0.3 is 0 Å². The summed E-state index contributed by atoms with van der Waals surface area (Å²) in [6.45, 7) is -0.142. The van der Waals surface area contributed by atoms with E-state index in [9.17, 15) is 13.2 Å². The number of hydrogen-bond donors (Lipinski definition) is 0. The number of carbonyl (C=O) groups excluding carboxylic acids is 1. The van der Waals surface area contributed by atoms with Gasteiger partial charge < -0.3 is 9.47 Å². The first-order valence-electron chi connectivity index (χ1n) is 8.21. The second-order valence-corrected chi connectivity index (χ2v) is 7.91. The lowest BCUT2D eigenvalue weighted by Gasteiger charge is -2.08. The molecule has 3 aromatic carbocycles. The van der Waals surface area contributed by atoms with Gasteiger partial charge in [-0.2, -0.15) is 0 Å². The summed E-state index contributed by atoms with van der Waals surface area (Å²) in [5.74, 6) is 1.60. The van der Waals surface area contributed by atoms with Crippen molar-refractivity contribution in [2.45, 2.75) is 4.90 Å². The van der Waals surface area contributed by atoms with E-state index in [4.69, 9.17) is 9.47 Å². The Morgan fingerprint density at radius 1 is 0.778 bits per heavy atom. The molecular formula is C21H18O5S. The number of sulfone groups is 1. The Labute approximate surface area is 158 Å². The average Bonchev–Trinajstić information content (AvgIpc) is 2.67. The standard InChI is InChI=1S/C21H18O5S/c1-27(23,24)20-13-11-17(12-14-20)25-15-21(22)16-7-9-19(10-8-16)26-18-5-3-2-4-6-18/h2-14H,15H2,1H3. The van der Waals surface area contributed by atoms with E-state index in [0.29, 0.717) is 17.1 Å². The third kappa shape index (κ3) is 5.18. The summed E-state index contributed by atoms with van der Waals surface area (Å²) in [7, 11) is -3.25. The SMILES string of the molecule is CS(=O)(=O)c1ccc(OCC(=O)c2ccc(Oc3ccccc3)cc2)cc1. The van der Waals surface area contributed by atoms with Gasteiger partial charge in [0.1, 0.15) is 17.2 Å². The monoisotopic (exact) mass is 382 g/mol. The van der Waals surface area contributed by atoms with Crippen LogP contribution >= 0.6 is 0 Å². The average molecular weight is 382 g/mol. The Bertz CT molecular complexity index is 1010. The highest BCUT2D eigenvalue weighted by atomic mass is 32.2. The number of ketones is 1. The van der Waals surface area contributed by atoms with Gasteiger partial charge in [0.25, 0.3) is 0 Å². The van der Waals surface area contributed by atoms with Crippen molar-refractivity contribution in [1.82, 2.24) is 0 Å². The molecule has 27 heavy (non-hydrogen) atoms. The molecule has 0 saturated heterocycles. The van der Waals surface area contributed by atoms with Gasteiger partial charge in [0.15, 0.2) is 22.2 Å². The second kappa shape index (κ2) is 8.05. The van der Waals surface area contributed by atoms with Crippen LogP contribution in [0.4, 0.5) is 0 Å². The van der Waals surface area contributed by atoms with Crippen molar-refractivity contribution in [2.24, 2.45) is 0 Å². The van der Waals surface area contributed by atoms with E-state index in [0.717, 1.165) is 12.0 Å². The molecule has 138 valence electrons. The number of rotatable bonds is 7. The quantitative estimate of drug-likeness (QED) is 0.574. The molecule has 0 aromatic heterocycles. The third-order valence-electron chi connectivity index (χ3n) is 3.78. The maximum absolute atomic E-state index is 12.3. The summed E-state index contributed by atoms with van der Waals surface area (Å²) in [6.07, 6.45) is 1.14. The highest BCUT2D eigenvalue weighted by Crippen LogP contribution is 2.21. The second-order valence-electron chi connectivity index (χ2n) is 5.89. The van der Waals surface area contributed by atoms with Crippen LogP contribution in [0.2, 0.25) is 0 Å². The summed E-state index contributed by atoms with van der Waals surface area (Å²) >= 11 is 0. The van der Waals surface area contributed by atoms with Gasteiger partial charge in [-0.3, -0.25) is 4.79 Å². The molecule has 3 aromatic rings.